The molecule has 0 aliphatic carbocycles. The Morgan fingerprint density at radius 1 is 1.42 bits per heavy atom. The van der Waals surface area contributed by atoms with Crippen molar-refractivity contribution in [2.24, 2.45) is 4.40 Å². The van der Waals surface area contributed by atoms with Gasteiger partial charge in [-0.1, -0.05) is 0 Å². The zero-order chi connectivity index (χ0) is 8.81. The van der Waals surface area contributed by atoms with Gasteiger partial charge in [-0.2, -0.15) is 0 Å². The molecule has 0 heterocycles. The largest absolute Gasteiger partial charge is 0.497 e. The summed E-state index contributed by atoms with van der Waals surface area (Å²) in [5.74, 6) is 0.870. The summed E-state index contributed by atoms with van der Waals surface area (Å²) < 4.78 is 9.06. The van der Waals surface area contributed by atoms with Gasteiger partial charge in [0.2, 0.25) is 0 Å². The number of benzene rings is 1. The Morgan fingerprint density at radius 2 is 2.08 bits per heavy atom. The van der Waals surface area contributed by atoms with Crippen molar-refractivity contribution in [2.75, 3.05) is 7.11 Å². The third kappa shape index (κ3) is 3.02. The fourth-order valence-electron chi connectivity index (χ4n) is 0.771. The number of methoxy groups -OCH3 is 1. The topological polar surface area (TPSA) is 21.6 Å². The second kappa shape index (κ2) is 5.42. The molecule has 0 aliphatic heterocycles. The Labute approximate surface area is 88.1 Å². The highest BCUT2D eigenvalue weighted by atomic mass is 127. The van der Waals surface area contributed by atoms with Crippen LogP contribution in [0.3, 0.4) is 0 Å². The van der Waals surface area contributed by atoms with E-state index in [-0.39, 0.29) is 0 Å². The van der Waals surface area contributed by atoms with Crippen LogP contribution in [0.5, 0.6) is 5.75 Å². The van der Waals surface area contributed by atoms with Crippen LogP contribution in [0.2, 0.25) is 0 Å². The van der Waals surface area contributed by atoms with Crippen LogP contribution in [0.25, 0.3) is 0 Å². The van der Waals surface area contributed by atoms with Gasteiger partial charge in [-0.25, -0.2) is 4.40 Å². The molecule has 0 atom stereocenters. The summed E-state index contributed by atoms with van der Waals surface area (Å²) in [6.45, 7) is 0. The van der Waals surface area contributed by atoms with E-state index >= 15 is 0 Å². The summed E-state index contributed by atoms with van der Waals surface area (Å²) in [5, 5.41) is 0. The summed E-state index contributed by atoms with van der Waals surface area (Å²) >= 11 is 2.12. The first-order valence-electron chi connectivity index (χ1n) is 3.32. The molecule has 0 amide bonds. The molecule has 0 aromatic heterocycles. The minimum atomic E-state index is 0.870. The fraction of sp³-hybridized carbons (Fsp3) is 0.125. The molecule has 0 aliphatic rings. The van der Waals surface area contributed by atoms with Gasteiger partial charge in [0.15, 0.2) is 0 Å². The standard InChI is InChI=1S/C8H8INOS/c1-11-8-4-2-7(3-5-8)6-10-12-9/h2-6H,1H3/b10-6+. The normalized spacial score (nSPS) is 10.5. The monoisotopic (exact) mass is 293 g/mol. The Balaban J connectivity index is 2.71. The number of ether oxygens (including phenoxy) is 1. The van der Waals surface area contributed by atoms with E-state index in [1.807, 2.05) is 30.5 Å². The average molecular weight is 293 g/mol. The van der Waals surface area contributed by atoms with Crippen molar-refractivity contribution in [3.63, 3.8) is 0 Å². The van der Waals surface area contributed by atoms with Crippen molar-refractivity contribution in [2.45, 2.75) is 0 Å². The van der Waals surface area contributed by atoms with E-state index < -0.39 is 0 Å². The Kier molecular flexibility index (Phi) is 4.45. The number of halogens is 1. The van der Waals surface area contributed by atoms with Crippen LogP contribution in [0.15, 0.2) is 28.7 Å². The minimum Gasteiger partial charge on any atom is -0.497 e. The second-order valence-corrected chi connectivity index (χ2v) is 3.61. The maximum atomic E-state index is 5.02. The first-order chi connectivity index (χ1) is 5.86. The van der Waals surface area contributed by atoms with Crippen LogP contribution in [0, 0.1) is 0 Å². The molecule has 4 heteroatoms. The number of rotatable bonds is 3. The molecular weight excluding hydrogens is 285 g/mol. The first-order valence-corrected chi connectivity index (χ1v) is 6.63. The van der Waals surface area contributed by atoms with Crippen LogP contribution in [-0.4, -0.2) is 13.3 Å². The van der Waals surface area contributed by atoms with E-state index in [1.54, 1.807) is 7.11 Å². The molecule has 0 spiro atoms. The second-order valence-electron chi connectivity index (χ2n) is 2.08. The summed E-state index contributed by atoms with van der Waals surface area (Å²) in [4.78, 5) is 0. The highest BCUT2D eigenvalue weighted by Crippen LogP contribution is 2.13. The lowest BCUT2D eigenvalue weighted by Crippen LogP contribution is -1.83. The predicted octanol–water partition coefficient (Wildman–Crippen LogP) is 3.11. The molecule has 0 radical (unpaired) electrons. The molecule has 0 saturated carbocycles. The Morgan fingerprint density at radius 3 is 2.58 bits per heavy atom. The number of hydrogen-bond acceptors (Lipinski definition) is 3. The van der Waals surface area contributed by atoms with E-state index in [4.69, 9.17) is 4.74 Å². The van der Waals surface area contributed by atoms with Gasteiger partial charge in [-0.3, -0.25) is 0 Å². The summed E-state index contributed by atoms with van der Waals surface area (Å²) in [6.07, 6.45) is 1.82. The van der Waals surface area contributed by atoms with Crippen LogP contribution in [0.4, 0.5) is 0 Å². The lowest BCUT2D eigenvalue weighted by atomic mass is 10.2. The predicted molar refractivity (Wildman–Crippen MR) is 62.2 cm³/mol. The molecule has 0 fully saturated rings. The molecule has 0 unspecified atom stereocenters. The van der Waals surface area contributed by atoms with Crippen molar-refractivity contribution >= 4 is 36.5 Å². The smallest absolute Gasteiger partial charge is 0.118 e. The van der Waals surface area contributed by atoms with Crippen molar-refractivity contribution in [3.05, 3.63) is 29.8 Å². The highest BCUT2D eigenvalue weighted by Gasteiger charge is 1.89. The molecule has 1 aromatic rings. The maximum Gasteiger partial charge on any atom is 0.118 e. The quantitative estimate of drug-likeness (QED) is 0.485. The lowest BCUT2D eigenvalue weighted by molar-refractivity contribution is 0.415. The fourth-order valence-corrected chi connectivity index (χ4v) is 1.27. The van der Waals surface area contributed by atoms with Crippen molar-refractivity contribution in [3.8, 4) is 5.75 Å². The van der Waals surface area contributed by atoms with Gasteiger partial charge in [0, 0.05) is 36.5 Å². The summed E-state index contributed by atoms with van der Waals surface area (Å²) in [6, 6.07) is 7.77. The van der Waals surface area contributed by atoms with Crippen LogP contribution in [-0.2, 0) is 0 Å². The third-order valence-electron chi connectivity index (χ3n) is 1.36. The summed E-state index contributed by atoms with van der Waals surface area (Å²) in [7, 11) is 3.07. The van der Waals surface area contributed by atoms with E-state index in [0.29, 0.717) is 0 Å². The van der Waals surface area contributed by atoms with Crippen LogP contribution < -0.4 is 4.74 Å². The lowest BCUT2D eigenvalue weighted by Gasteiger charge is -1.97. The average Bonchev–Trinajstić information content (AvgIpc) is 2.15. The number of nitrogens with zero attached hydrogens (tertiary/aromatic N) is 1. The zero-order valence-electron chi connectivity index (χ0n) is 6.53. The molecule has 1 aromatic carbocycles. The zero-order valence-corrected chi connectivity index (χ0v) is 9.50. The Bertz CT molecular complexity index is 260. The van der Waals surface area contributed by atoms with Gasteiger partial charge in [0.25, 0.3) is 0 Å². The van der Waals surface area contributed by atoms with Crippen LogP contribution >= 0.6 is 30.3 Å². The van der Waals surface area contributed by atoms with E-state index in [0.717, 1.165) is 11.3 Å². The van der Waals surface area contributed by atoms with Crippen molar-refractivity contribution < 1.29 is 4.74 Å². The maximum absolute atomic E-state index is 5.02. The Hall–Kier alpha value is -0.230. The molecule has 0 saturated heterocycles. The van der Waals surface area contributed by atoms with Gasteiger partial charge >= 0.3 is 0 Å². The molecular formula is C8H8INOS. The van der Waals surface area contributed by atoms with E-state index in [9.17, 15) is 0 Å². The van der Waals surface area contributed by atoms with Gasteiger partial charge in [-0.15, -0.1) is 0 Å². The third-order valence-corrected chi connectivity index (χ3v) is 2.22. The highest BCUT2D eigenvalue weighted by molar-refractivity contribution is 14.2. The molecule has 64 valence electrons. The van der Waals surface area contributed by atoms with E-state index in [1.165, 1.54) is 9.12 Å². The van der Waals surface area contributed by atoms with Crippen LogP contribution in [0.1, 0.15) is 5.56 Å². The van der Waals surface area contributed by atoms with E-state index in [2.05, 4.69) is 25.6 Å². The van der Waals surface area contributed by atoms with Gasteiger partial charge in [0.05, 0.1) is 7.11 Å². The van der Waals surface area contributed by atoms with Gasteiger partial charge in [0.1, 0.15) is 5.75 Å². The first kappa shape index (κ1) is 9.85. The van der Waals surface area contributed by atoms with Gasteiger partial charge in [-0.05, 0) is 29.8 Å². The summed E-state index contributed by atoms with van der Waals surface area (Å²) in [5.41, 5.74) is 1.08. The van der Waals surface area contributed by atoms with Crippen molar-refractivity contribution in [1.29, 1.82) is 0 Å². The minimum absolute atomic E-state index is 0.870. The van der Waals surface area contributed by atoms with Gasteiger partial charge < -0.3 is 4.74 Å². The molecule has 12 heavy (non-hydrogen) atoms. The number of hydrogen-bond donors (Lipinski definition) is 0. The molecule has 2 nitrogen and oxygen atoms in total. The molecule has 0 bridgehead atoms. The SMILES string of the molecule is COc1ccc(/C=N/SI)cc1. The van der Waals surface area contributed by atoms with Crippen molar-refractivity contribution in [1.82, 2.24) is 0 Å². The molecule has 0 N–H and O–H groups in total. The molecule has 1 rings (SSSR count).